The number of hydrazine groups is 1. The molecule has 8 nitrogen and oxygen atoms in total. The highest BCUT2D eigenvalue weighted by Gasteiger charge is 2.35. The molecule has 2 aromatic rings. The number of ether oxygens (including phenoxy) is 3. The highest BCUT2D eigenvalue weighted by Crippen LogP contribution is 2.44. The van der Waals surface area contributed by atoms with Crippen LogP contribution in [0.4, 0.5) is 5.69 Å². The van der Waals surface area contributed by atoms with Crippen molar-refractivity contribution in [2.45, 2.75) is 26.9 Å². The Morgan fingerprint density at radius 3 is 2.55 bits per heavy atom. The van der Waals surface area contributed by atoms with Crippen LogP contribution >= 0.6 is 27.5 Å². The standard InChI is InChI=1S/C23H22BrClN2O6/c1-4-31-17-12-14(18(24)19(25)20(17)33-13(3)23(30)32-5-2)11-16-21(28)26-27(22(16)29)15-9-7-6-8-10-15/h6-13H,4-5H2,1-3H3,(H,26,28)/b16-11-/t13-/m0/s1. The molecule has 0 bridgehead atoms. The molecule has 1 heterocycles. The first-order valence-corrected chi connectivity index (χ1v) is 11.4. The minimum absolute atomic E-state index is 0.0772. The molecular weight excluding hydrogens is 516 g/mol. The SMILES string of the molecule is CCOC(=O)[C@H](C)Oc1c(OCC)cc(/C=C2/C(=O)NN(c3ccccc3)C2=O)c(Br)c1Cl. The van der Waals surface area contributed by atoms with Gasteiger partial charge in [-0.3, -0.25) is 15.0 Å². The zero-order valence-corrected chi connectivity index (χ0v) is 20.5. The Morgan fingerprint density at radius 1 is 1.21 bits per heavy atom. The lowest BCUT2D eigenvalue weighted by atomic mass is 10.1. The highest BCUT2D eigenvalue weighted by atomic mass is 79.9. The summed E-state index contributed by atoms with van der Waals surface area (Å²) in [5, 5.41) is 1.29. The van der Waals surface area contributed by atoms with Crippen molar-refractivity contribution in [3.05, 3.63) is 57.0 Å². The normalized spacial score (nSPS) is 15.4. The summed E-state index contributed by atoms with van der Waals surface area (Å²) < 4.78 is 16.7. The number of anilines is 1. The van der Waals surface area contributed by atoms with Gasteiger partial charge in [0.1, 0.15) is 10.6 Å². The van der Waals surface area contributed by atoms with Gasteiger partial charge in [-0.2, -0.15) is 0 Å². The number of benzene rings is 2. The predicted molar refractivity (Wildman–Crippen MR) is 127 cm³/mol. The molecule has 0 aromatic heterocycles. The lowest BCUT2D eigenvalue weighted by Gasteiger charge is -2.19. The van der Waals surface area contributed by atoms with Crippen LogP contribution in [0, 0.1) is 0 Å². The van der Waals surface area contributed by atoms with Gasteiger partial charge in [0.25, 0.3) is 11.8 Å². The first-order valence-electron chi connectivity index (χ1n) is 10.2. The Labute approximate surface area is 204 Å². The van der Waals surface area contributed by atoms with Gasteiger partial charge in [0.05, 0.1) is 18.9 Å². The zero-order chi connectivity index (χ0) is 24.1. The summed E-state index contributed by atoms with van der Waals surface area (Å²) in [6, 6.07) is 10.3. The van der Waals surface area contributed by atoms with Gasteiger partial charge in [-0.1, -0.05) is 29.8 Å². The van der Waals surface area contributed by atoms with Crippen LogP contribution in [0.15, 0.2) is 46.4 Å². The highest BCUT2D eigenvalue weighted by molar-refractivity contribution is 9.10. The van der Waals surface area contributed by atoms with E-state index in [0.717, 1.165) is 0 Å². The van der Waals surface area contributed by atoms with Crippen molar-refractivity contribution >= 4 is 57.1 Å². The van der Waals surface area contributed by atoms with Crippen LogP contribution in [0.2, 0.25) is 5.02 Å². The largest absolute Gasteiger partial charge is 0.490 e. The number of hydrogen-bond acceptors (Lipinski definition) is 6. The Bertz CT molecular complexity index is 1110. The summed E-state index contributed by atoms with van der Waals surface area (Å²) in [5.41, 5.74) is 3.42. The fourth-order valence-corrected chi connectivity index (χ4v) is 3.69. The van der Waals surface area contributed by atoms with Gasteiger partial charge in [0.15, 0.2) is 17.6 Å². The van der Waals surface area contributed by atoms with Crippen molar-refractivity contribution in [3.8, 4) is 11.5 Å². The molecule has 1 N–H and O–H groups in total. The molecule has 1 aliphatic rings. The molecule has 0 aliphatic carbocycles. The number of carbonyl (C=O) groups excluding carboxylic acids is 3. The molecule has 10 heteroatoms. The molecule has 1 aliphatic heterocycles. The maximum absolute atomic E-state index is 12.9. The van der Waals surface area contributed by atoms with E-state index in [1.807, 2.05) is 6.07 Å². The summed E-state index contributed by atoms with van der Waals surface area (Å²) in [7, 11) is 0. The fraction of sp³-hybridized carbons (Fsp3) is 0.261. The lowest BCUT2D eigenvalue weighted by molar-refractivity contribution is -0.150. The second-order valence-corrected chi connectivity index (χ2v) is 8.01. The first kappa shape index (κ1) is 24.6. The van der Waals surface area contributed by atoms with E-state index in [0.29, 0.717) is 22.3 Å². The zero-order valence-electron chi connectivity index (χ0n) is 18.2. The Kier molecular flexibility index (Phi) is 7.99. The number of nitrogens with one attached hydrogen (secondary N) is 1. The third kappa shape index (κ3) is 5.31. The number of amides is 2. The van der Waals surface area contributed by atoms with Gasteiger partial charge in [-0.15, -0.1) is 0 Å². The van der Waals surface area contributed by atoms with Crippen molar-refractivity contribution in [3.63, 3.8) is 0 Å². The van der Waals surface area contributed by atoms with Gasteiger partial charge >= 0.3 is 5.97 Å². The summed E-state index contributed by atoms with van der Waals surface area (Å²) in [4.78, 5) is 37.4. The number of para-hydroxylation sites is 1. The average molecular weight is 538 g/mol. The molecule has 33 heavy (non-hydrogen) atoms. The average Bonchev–Trinajstić information content (AvgIpc) is 3.08. The number of hydrogen-bond donors (Lipinski definition) is 1. The number of esters is 1. The van der Waals surface area contributed by atoms with Crippen molar-refractivity contribution in [2.24, 2.45) is 0 Å². The molecule has 1 fully saturated rings. The fourth-order valence-electron chi connectivity index (χ4n) is 3.04. The van der Waals surface area contributed by atoms with Crippen LogP contribution in [0.3, 0.4) is 0 Å². The Balaban J connectivity index is 1.98. The summed E-state index contributed by atoms with van der Waals surface area (Å²) >= 11 is 9.92. The number of halogens is 2. The maximum Gasteiger partial charge on any atom is 0.347 e. The third-order valence-electron chi connectivity index (χ3n) is 4.57. The smallest absolute Gasteiger partial charge is 0.347 e. The van der Waals surface area contributed by atoms with Crippen molar-refractivity contribution in [1.29, 1.82) is 0 Å². The van der Waals surface area contributed by atoms with E-state index in [1.165, 1.54) is 18.0 Å². The molecule has 1 atom stereocenters. The van der Waals surface area contributed by atoms with Gasteiger partial charge in [0, 0.05) is 4.47 Å². The van der Waals surface area contributed by atoms with Gasteiger partial charge < -0.3 is 14.2 Å². The Hall–Kier alpha value is -3.04. The molecule has 0 radical (unpaired) electrons. The second-order valence-electron chi connectivity index (χ2n) is 6.84. The van der Waals surface area contributed by atoms with Gasteiger partial charge in [-0.25, -0.2) is 9.80 Å². The molecule has 1 saturated heterocycles. The van der Waals surface area contributed by atoms with Gasteiger partial charge in [0.2, 0.25) is 0 Å². The summed E-state index contributed by atoms with van der Waals surface area (Å²) in [6.07, 6.45) is 0.483. The van der Waals surface area contributed by atoms with E-state index < -0.39 is 23.9 Å². The number of nitrogens with zero attached hydrogens (tertiary/aromatic N) is 1. The molecule has 174 valence electrons. The van der Waals surface area contributed by atoms with Crippen molar-refractivity contribution in [2.75, 3.05) is 18.2 Å². The minimum atomic E-state index is -0.931. The first-order chi connectivity index (χ1) is 15.8. The van der Waals surface area contributed by atoms with Crippen molar-refractivity contribution < 1.29 is 28.6 Å². The molecule has 0 saturated carbocycles. The van der Waals surface area contributed by atoms with E-state index in [4.69, 9.17) is 25.8 Å². The Morgan fingerprint density at radius 2 is 1.91 bits per heavy atom. The molecule has 0 spiro atoms. The second kappa shape index (κ2) is 10.7. The molecule has 0 unspecified atom stereocenters. The topological polar surface area (TPSA) is 94.2 Å². The van der Waals surface area contributed by atoms with Crippen LogP contribution in [0.25, 0.3) is 6.08 Å². The maximum atomic E-state index is 12.9. The van der Waals surface area contributed by atoms with Crippen LogP contribution in [-0.2, 0) is 19.1 Å². The minimum Gasteiger partial charge on any atom is -0.490 e. The van der Waals surface area contributed by atoms with E-state index in [9.17, 15) is 14.4 Å². The number of rotatable bonds is 8. The quantitative estimate of drug-likeness (QED) is 0.307. The summed E-state index contributed by atoms with van der Waals surface area (Å²) in [6.45, 7) is 5.51. The molecular formula is C23H22BrClN2O6. The van der Waals surface area contributed by atoms with Crippen LogP contribution in [-0.4, -0.2) is 37.1 Å². The van der Waals surface area contributed by atoms with E-state index in [1.54, 1.807) is 44.2 Å². The molecule has 2 amide bonds. The van der Waals surface area contributed by atoms with Crippen LogP contribution in [0.5, 0.6) is 11.5 Å². The van der Waals surface area contributed by atoms with E-state index in [2.05, 4.69) is 21.4 Å². The monoisotopic (exact) mass is 536 g/mol. The van der Waals surface area contributed by atoms with E-state index >= 15 is 0 Å². The molecule has 3 rings (SSSR count). The number of carbonyl (C=O) groups is 3. The lowest BCUT2D eigenvalue weighted by Crippen LogP contribution is -2.35. The predicted octanol–water partition coefficient (Wildman–Crippen LogP) is 4.29. The summed E-state index contributed by atoms with van der Waals surface area (Å²) in [5.74, 6) is -1.22. The van der Waals surface area contributed by atoms with E-state index in [-0.39, 0.29) is 28.7 Å². The third-order valence-corrected chi connectivity index (χ3v) is 6.02. The van der Waals surface area contributed by atoms with Crippen molar-refractivity contribution in [1.82, 2.24) is 5.43 Å². The van der Waals surface area contributed by atoms with Gasteiger partial charge in [-0.05, 0) is 66.5 Å². The van der Waals surface area contributed by atoms with Crippen LogP contribution < -0.4 is 19.9 Å². The molecule has 2 aromatic carbocycles. The van der Waals surface area contributed by atoms with Crippen LogP contribution in [0.1, 0.15) is 26.3 Å².